The van der Waals surface area contributed by atoms with E-state index in [0.29, 0.717) is 11.3 Å². The number of anilines is 1. The number of nitrogens with two attached hydrogens (primary N) is 1. The Balaban J connectivity index is 3.27. The maximum Gasteiger partial charge on any atom is 0.180 e. The first-order valence-electron chi connectivity index (χ1n) is 4.18. The fraction of sp³-hybridized carbons (Fsp3) is 0.333. The maximum absolute atomic E-state index is 11.6. The monoisotopic (exact) mass is 215 g/mol. The van der Waals surface area contributed by atoms with Crippen LogP contribution in [-0.2, 0) is 9.84 Å². The summed E-state index contributed by atoms with van der Waals surface area (Å²) >= 11 is 0. The van der Waals surface area contributed by atoms with E-state index >= 15 is 0 Å². The lowest BCUT2D eigenvalue weighted by atomic mass is 10.2. The second-order valence-corrected chi connectivity index (χ2v) is 5.09. The first-order valence-corrected chi connectivity index (χ1v) is 5.83. The molecule has 0 atom stereocenters. The van der Waals surface area contributed by atoms with E-state index in [1.54, 1.807) is 19.1 Å². The van der Waals surface area contributed by atoms with Crippen LogP contribution in [0, 0.1) is 6.92 Å². The van der Waals surface area contributed by atoms with Gasteiger partial charge >= 0.3 is 0 Å². The summed E-state index contributed by atoms with van der Waals surface area (Å²) in [5.41, 5.74) is 6.58. The van der Waals surface area contributed by atoms with Crippen molar-refractivity contribution in [2.75, 3.05) is 18.1 Å². The van der Waals surface area contributed by atoms with Gasteiger partial charge in [0.1, 0.15) is 0 Å². The summed E-state index contributed by atoms with van der Waals surface area (Å²) in [4.78, 5) is 0.201. The molecular weight excluding hydrogens is 202 g/mol. The molecule has 1 rings (SSSR count). The molecule has 0 heterocycles. The van der Waals surface area contributed by atoms with Gasteiger partial charge in [-0.3, -0.25) is 0 Å². The molecule has 5 heteroatoms. The zero-order valence-electron chi connectivity index (χ0n) is 7.90. The van der Waals surface area contributed by atoms with Crippen LogP contribution in [0.1, 0.15) is 5.56 Å². The second-order valence-electron chi connectivity index (χ2n) is 3.01. The van der Waals surface area contributed by atoms with Crippen molar-refractivity contribution in [2.24, 2.45) is 0 Å². The van der Waals surface area contributed by atoms with Crippen molar-refractivity contribution in [3.8, 4) is 0 Å². The summed E-state index contributed by atoms with van der Waals surface area (Å²) < 4.78 is 23.2. The largest absolute Gasteiger partial charge is 0.398 e. The van der Waals surface area contributed by atoms with Gasteiger partial charge in [-0.2, -0.15) is 0 Å². The number of hydrogen-bond donors (Lipinski definition) is 2. The van der Waals surface area contributed by atoms with E-state index in [1.165, 1.54) is 6.07 Å². The van der Waals surface area contributed by atoms with Crippen LogP contribution >= 0.6 is 0 Å². The van der Waals surface area contributed by atoms with Crippen LogP contribution in [0.2, 0.25) is 0 Å². The molecule has 0 radical (unpaired) electrons. The van der Waals surface area contributed by atoms with Crippen molar-refractivity contribution in [3.63, 3.8) is 0 Å². The van der Waals surface area contributed by atoms with Crippen LogP contribution in [0.15, 0.2) is 23.1 Å². The molecule has 0 bridgehead atoms. The van der Waals surface area contributed by atoms with E-state index in [-0.39, 0.29) is 17.3 Å². The third kappa shape index (κ3) is 2.05. The van der Waals surface area contributed by atoms with Crippen molar-refractivity contribution in [1.29, 1.82) is 0 Å². The summed E-state index contributed by atoms with van der Waals surface area (Å²) in [6, 6.07) is 4.73. The van der Waals surface area contributed by atoms with Gasteiger partial charge in [0, 0.05) is 5.69 Å². The standard InChI is InChI=1S/C9H13NO3S/c1-7-8(10)3-2-4-9(7)14(12,13)6-5-11/h2-4,11H,5-6,10H2,1H3. The summed E-state index contributed by atoms with van der Waals surface area (Å²) in [6.45, 7) is 1.27. The molecule has 0 aliphatic heterocycles. The molecule has 0 unspecified atom stereocenters. The van der Waals surface area contributed by atoms with Gasteiger partial charge in [-0.15, -0.1) is 0 Å². The van der Waals surface area contributed by atoms with Crippen molar-refractivity contribution in [1.82, 2.24) is 0 Å². The van der Waals surface area contributed by atoms with Crippen LogP contribution in [-0.4, -0.2) is 25.9 Å². The Morgan fingerprint density at radius 2 is 2.07 bits per heavy atom. The molecule has 0 aliphatic rings. The molecule has 0 saturated carbocycles. The van der Waals surface area contributed by atoms with Gasteiger partial charge in [0.25, 0.3) is 0 Å². The van der Waals surface area contributed by atoms with E-state index in [0.717, 1.165) is 0 Å². The minimum absolute atomic E-state index is 0.201. The molecule has 14 heavy (non-hydrogen) atoms. The zero-order valence-corrected chi connectivity index (χ0v) is 8.71. The average molecular weight is 215 g/mol. The fourth-order valence-corrected chi connectivity index (χ4v) is 2.53. The molecular formula is C9H13NO3S. The van der Waals surface area contributed by atoms with Gasteiger partial charge in [-0.05, 0) is 24.6 Å². The minimum atomic E-state index is -3.39. The van der Waals surface area contributed by atoms with Crippen molar-refractivity contribution in [3.05, 3.63) is 23.8 Å². The van der Waals surface area contributed by atoms with Gasteiger partial charge in [0.2, 0.25) is 0 Å². The second kappa shape index (κ2) is 3.98. The van der Waals surface area contributed by atoms with E-state index in [4.69, 9.17) is 10.8 Å². The van der Waals surface area contributed by atoms with Crippen LogP contribution in [0.3, 0.4) is 0 Å². The summed E-state index contributed by atoms with van der Waals surface area (Å²) in [5, 5.41) is 8.61. The first kappa shape index (κ1) is 11.0. The molecule has 0 saturated heterocycles. The summed E-state index contributed by atoms with van der Waals surface area (Å²) in [7, 11) is -3.39. The van der Waals surface area contributed by atoms with Crippen LogP contribution in [0.25, 0.3) is 0 Å². The number of hydrogen-bond acceptors (Lipinski definition) is 4. The Kier molecular flexibility index (Phi) is 3.13. The highest BCUT2D eigenvalue weighted by molar-refractivity contribution is 7.91. The molecule has 1 aromatic carbocycles. The SMILES string of the molecule is Cc1c(N)cccc1S(=O)(=O)CCO. The van der Waals surface area contributed by atoms with Gasteiger partial charge in [-0.1, -0.05) is 6.07 Å². The third-order valence-corrected chi connectivity index (χ3v) is 3.85. The number of benzene rings is 1. The zero-order chi connectivity index (χ0) is 10.8. The van der Waals surface area contributed by atoms with Crippen molar-refractivity contribution in [2.45, 2.75) is 11.8 Å². The van der Waals surface area contributed by atoms with Crippen LogP contribution in [0.5, 0.6) is 0 Å². The lowest BCUT2D eigenvalue weighted by Crippen LogP contribution is -2.12. The Morgan fingerprint density at radius 1 is 1.43 bits per heavy atom. The quantitative estimate of drug-likeness (QED) is 0.713. The Labute approximate surface area is 83.3 Å². The third-order valence-electron chi connectivity index (χ3n) is 2.02. The normalized spacial score (nSPS) is 11.6. The molecule has 3 N–H and O–H groups in total. The van der Waals surface area contributed by atoms with Gasteiger partial charge in [-0.25, -0.2) is 8.42 Å². The first-order chi connectivity index (χ1) is 6.49. The highest BCUT2D eigenvalue weighted by Crippen LogP contribution is 2.21. The lowest BCUT2D eigenvalue weighted by Gasteiger charge is -2.07. The van der Waals surface area contributed by atoms with Gasteiger partial charge in [0.15, 0.2) is 9.84 Å². The highest BCUT2D eigenvalue weighted by Gasteiger charge is 2.16. The topological polar surface area (TPSA) is 80.4 Å². The number of sulfone groups is 1. The minimum Gasteiger partial charge on any atom is -0.398 e. The smallest absolute Gasteiger partial charge is 0.180 e. The Bertz CT molecular complexity index is 426. The van der Waals surface area contributed by atoms with Crippen molar-refractivity contribution < 1.29 is 13.5 Å². The maximum atomic E-state index is 11.6. The predicted octanol–water partition coefficient (Wildman–Crippen LogP) is 0.343. The van der Waals surface area contributed by atoms with Gasteiger partial charge in [0.05, 0.1) is 17.3 Å². The molecule has 1 aromatic rings. The summed E-state index contributed by atoms with van der Waals surface area (Å²) in [6.07, 6.45) is 0. The van der Waals surface area contributed by atoms with E-state index < -0.39 is 9.84 Å². The molecule has 0 aliphatic carbocycles. The molecule has 78 valence electrons. The van der Waals surface area contributed by atoms with Crippen LogP contribution < -0.4 is 5.73 Å². The molecule has 4 nitrogen and oxygen atoms in total. The molecule has 0 amide bonds. The predicted molar refractivity (Wildman–Crippen MR) is 54.7 cm³/mol. The van der Waals surface area contributed by atoms with Gasteiger partial charge < -0.3 is 10.8 Å². The number of rotatable bonds is 3. The van der Waals surface area contributed by atoms with E-state index in [1.807, 2.05) is 0 Å². The Morgan fingerprint density at radius 3 is 2.64 bits per heavy atom. The molecule has 0 aromatic heterocycles. The summed E-state index contributed by atoms with van der Waals surface area (Å²) in [5.74, 6) is -0.267. The van der Waals surface area contributed by atoms with Crippen molar-refractivity contribution >= 4 is 15.5 Å². The molecule has 0 spiro atoms. The van der Waals surface area contributed by atoms with Crippen LogP contribution in [0.4, 0.5) is 5.69 Å². The number of aliphatic hydroxyl groups is 1. The number of aliphatic hydroxyl groups excluding tert-OH is 1. The Hall–Kier alpha value is -1.07. The lowest BCUT2D eigenvalue weighted by molar-refractivity contribution is 0.319. The fourth-order valence-electron chi connectivity index (χ4n) is 1.20. The van der Waals surface area contributed by atoms with E-state index in [2.05, 4.69) is 0 Å². The number of nitrogen functional groups attached to an aromatic ring is 1. The molecule has 0 fully saturated rings. The average Bonchev–Trinajstić information content (AvgIpc) is 2.09. The highest BCUT2D eigenvalue weighted by atomic mass is 32.2. The van der Waals surface area contributed by atoms with E-state index in [9.17, 15) is 8.42 Å².